The lowest BCUT2D eigenvalue weighted by atomic mass is 10.00. The Kier molecular flexibility index (Phi) is 1.99. The summed E-state index contributed by atoms with van der Waals surface area (Å²) in [4.78, 5) is 11.9. The van der Waals surface area contributed by atoms with E-state index in [0.717, 1.165) is 19.4 Å². The zero-order valence-electron chi connectivity index (χ0n) is 8.12. The van der Waals surface area contributed by atoms with E-state index in [4.69, 9.17) is 11.5 Å². The number of rotatable bonds is 1. The van der Waals surface area contributed by atoms with Crippen LogP contribution in [0.2, 0.25) is 0 Å². The largest absolute Gasteiger partial charge is 0.368 e. The van der Waals surface area contributed by atoms with Crippen LogP contribution < -0.4 is 16.8 Å². The Morgan fingerprint density at radius 3 is 2.36 bits per heavy atom. The lowest BCUT2D eigenvalue weighted by molar-refractivity contribution is 0.407. The summed E-state index contributed by atoms with van der Waals surface area (Å²) in [6, 6.07) is 0. The molecule has 5 N–H and O–H groups in total. The van der Waals surface area contributed by atoms with Crippen molar-refractivity contribution >= 4 is 11.9 Å². The molecular weight excluding hydrogens is 180 g/mol. The number of nitrogen functional groups attached to an aromatic ring is 2. The SMILES string of the molecule is CC1(c2nc(N)nc(N)n2)CCCN1. The number of aromatic nitrogens is 3. The Labute approximate surface area is 82.1 Å². The summed E-state index contributed by atoms with van der Waals surface area (Å²) in [6.45, 7) is 3.02. The molecule has 1 aromatic heterocycles. The summed E-state index contributed by atoms with van der Waals surface area (Å²) in [7, 11) is 0. The lowest BCUT2D eigenvalue weighted by Crippen LogP contribution is -2.35. The summed E-state index contributed by atoms with van der Waals surface area (Å²) in [5.74, 6) is 1.00. The van der Waals surface area contributed by atoms with E-state index in [-0.39, 0.29) is 17.4 Å². The average Bonchev–Trinajstić information content (AvgIpc) is 2.52. The highest BCUT2D eigenvalue weighted by atomic mass is 15.2. The van der Waals surface area contributed by atoms with E-state index in [1.165, 1.54) is 0 Å². The normalized spacial score (nSPS) is 26.6. The summed E-state index contributed by atoms with van der Waals surface area (Å²) < 4.78 is 0. The summed E-state index contributed by atoms with van der Waals surface area (Å²) in [5, 5.41) is 3.34. The molecule has 1 saturated heterocycles. The topological polar surface area (TPSA) is 103 Å². The predicted molar refractivity (Wildman–Crippen MR) is 53.2 cm³/mol. The zero-order valence-corrected chi connectivity index (χ0v) is 8.12. The van der Waals surface area contributed by atoms with E-state index in [1.54, 1.807) is 0 Å². The highest BCUT2D eigenvalue weighted by Crippen LogP contribution is 2.27. The Morgan fingerprint density at radius 1 is 1.21 bits per heavy atom. The maximum atomic E-state index is 5.52. The van der Waals surface area contributed by atoms with Crippen LogP contribution in [0.15, 0.2) is 0 Å². The van der Waals surface area contributed by atoms with E-state index >= 15 is 0 Å². The predicted octanol–water partition coefficient (Wildman–Crippen LogP) is -0.365. The summed E-state index contributed by atoms with van der Waals surface area (Å²) >= 11 is 0. The molecule has 0 saturated carbocycles. The van der Waals surface area contributed by atoms with Gasteiger partial charge in [-0.25, -0.2) is 0 Å². The maximum Gasteiger partial charge on any atom is 0.225 e. The van der Waals surface area contributed by atoms with Crippen LogP contribution in [0.5, 0.6) is 0 Å². The molecule has 76 valence electrons. The fraction of sp³-hybridized carbons (Fsp3) is 0.625. The smallest absolute Gasteiger partial charge is 0.225 e. The van der Waals surface area contributed by atoms with Crippen LogP contribution in [-0.2, 0) is 5.54 Å². The fourth-order valence-electron chi connectivity index (χ4n) is 1.74. The third kappa shape index (κ3) is 1.48. The minimum absolute atomic E-state index is 0.183. The van der Waals surface area contributed by atoms with Gasteiger partial charge in [-0.2, -0.15) is 15.0 Å². The van der Waals surface area contributed by atoms with Crippen LogP contribution in [0.3, 0.4) is 0 Å². The van der Waals surface area contributed by atoms with Crippen LogP contribution in [-0.4, -0.2) is 21.5 Å². The molecule has 0 spiro atoms. The van der Waals surface area contributed by atoms with Crippen molar-refractivity contribution in [2.75, 3.05) is 18.0 Å². The van der Waals surface area contributed by atoms with Crippen molar-refractivity contribution in [1.82, 2.24) is 20.3 Å². The van der Waals surface area contributed by atoms with Gasteiger partial charge in [0, 0.05) is 0 Å². The number of nitrogens with zero attached hydrogens (tertiary/aromatic N) is 3. The van der Waals surface area contributed by atoms with Crippen LogP contribution in [0.25, 0.3) is 0 Å². The average molecular weight is 194 g/mol. The van der Waals surface area contributed by atoms with Gasteiger partial charge in [-0.05, 0) is 26.3 Å². The van der Waals surface area contributed by atoms with Crippen molar-refractivity contribution in [3.05, 3.63) is 5.82 Å². The zero-order chi connectivity index (χ0) is 10.2. The maximum absolute atomic E-state index is 5.52. The van der Waals surface area contributed by atoms with Crippen molar-refractivity contribution < 1.29 is 0 Å². The molecule has 0 aromatic carbocycles. The van der Waals surface area contributed by atoms with Gasteiger partial charge in [-0.3, -0.25) is 0 Å². The van der Waals surface area contributed by atoms with Gasteiger partial charge in [-0.1, -0.05) is 0 Å². The molecule has 14 heavy (non-hydrogen) atoms. The number of nitrogens with two attached hydrogens (primary N) is 2. The quantitative estimate of drug-likeness (QED) is 0.564. The Bertz CT molecular complexity index is 323. The molecule has 0 bridgehead atoms. The van der Waals surface area contributed by atoms with Crippen molar-refractivity contribution in [1.29, 1.82) is 0 Å². The fourth-order valence-corrected chi connectivity index (χ4v) is 1.74. The van der Waals surface area contributed by atoms with E-state index in [9.17, 15) is 0 Å². The highest BCUT2D eigenvalue weighted by Gasteiger charge is 2.33. The minimum Gasteiger partial charge on any atom is -0.368 e. The molecule has 2 rings (SSSR count). The molecule has 0 aliphatic carbocycles. The molecule has 1 aliphatic rings. The first-order valence-corrected chi connectivity index (χ1v) is 4.63. The van der Waals surface area contributed by atoms with Gasteiger partial charge in [0.2, 0.25) is 11.9 Å². The molecule has 1 atom stereocenters. The van der Waals surface area contributed by atoms with Crippen LogP contribution in [0.1, 0.15) is 25.6 Å². The van der Waals surface area contributed by atoms with E-state index in [0.29, 0.717) is 5.82 Å². The van der Waals surface area contributed by atoms with E-state index in [1.807, 2.05) is 6.92 Å². The Morgan fingerprint density at radius 2 is 1.86 bits per heavy atom. The van der Waals surface area contributed by atoms with Crippen LogP contribution >= 0.6 is 0 Å². The molecule has 6 heteroatoms. The summed E-state index contributed by atoms with van der Waals surface area (Å²) in [6.07, 6.45) is 2.11. The first kappa shape index (κ1) is 9.14. The van der Waals surface area contributed by atoms with Gasteiger partial charge >= 0.3 is 0 Å². The lowest BCUT2D eigenvalue weighted by Gasteiger charge is -2.22. The van der Waals surface area contributed by atoms with Crippen molar-refractivity contribution in [3.63, 3.8) is 0 Å². The third-order valence-electron chi connectivity index (χ3n) is 2.53. The summed E-state index contributed by atoms with van der Waals surface area (Å²) in [5.41, 5.74) is 10.8. The molecular formula is C8H14N6. The number of nitrogens with one attached hydrogen (secondary N) is 1. The standard InChI is InChI=1S/C8H14N6/c1-8(3-2-4-11-8)5-12-6(9)14-7(10)13-5/h11H,2-4H2,1H3,(H4,9,10,12,13,14). The van der Waals surface area contributed by atoms with Crippen LogP contribution in [0, 0.1) is 0 Å². The Hall–Kier alpha value is -1.43. The first-order chi connectivity index (χ1) is 6.60. The van der Waals surface area contributed by atoms with Gasteiger partial charge in [0.1, 0.15) is 0 Å². The van der Waals surface area contributed by atoms with Gasteiger partial charge in [0.15, 0.2) is 5.82 Å². The second kappa shape index (κ2) is 3.06. The van der Waals surface area contributed by atoms with Gasteiger partial charge in [0.05, 0.1) is 5.54 Å². The molecule has 1 fully saturated rings. The molecule has 1 unspecified atom stereocenters. The second-order valence-electron chi connectivity index (χ2n) is 3.74. The molecule has 1 aromatic rings. The van der Waals surface area contributed by atoms with E-state index in [2.05, 4.69) is 20.3 Å². The molecule has 2 heterocycles. The van der Waals surface area contributed by atoms with Crippen molar-refractivity contribution in [3.8, 4) is 0 Å². The minimum atomic E-state index is -0.203. The van der Waals surface area contributed by atoms with Gasteiger partial charge < -0.3 is 16.8 Å². The molecule has 0 amide bonds. The third-order valence-corrected chi connectivity index (χ3v) is 2.53. The molecule has 1 aliphatic heterocycles. The van der Waals surface area contributed by atoms with Crippen molar-refractivity contribution in [2.45, 2.75) is 25.3 Å². The van der Waals surface area contributed by atoms with Gasteiger partial charge in [0.25, 0.3) is 0 Å². The van der Waals surface area contributed by atoms with Gasteiger partial charge in [-0.15, -0.1) is 0 Å². The highest BCUT2D eigenvalue weighted by molar-refractivity contribution is 5.28. The van der Waals surface area contributed by atoms with Crippen LogP contribution in [0.4, 0.5) is 11.9 Å². The van der Waals surface area contributed by atoms with E-state index < -0.39 is 0 Å². The molecule has 6 nitrogen and oxygen atoms in total. The number of hydrogen-bond acceptors (Lipinski definition) is 6. The first-order valence-electron chi connectivity index (χ1n) is 4.63. The van der Waals surface area contributed by atoms with Crippen molar-refractivity contribution in [2.24, 2.45) is 0 Å². The Balaban J connectivity index is 2.40. The second-order valence-corrected chi connectivity index (χ2v) is 3.74. The monoisotopic (exact) mass is 194 g/mol. The number of hydrogen-bond donors (Lipinski definition) is 3. The number of anilines is 2. The molecule has 0 radical (unpaired) electrons.